The first-order valence-electron chi connectivity index (χ1n) is 6.35. The number of nitrogens with zero attached hydrogens (tertiary/aromatic N) is 2. The lowest BCUT2D eigenvalue weighted by Crippen LogP contribution is -2.14. The van der Waals surface area contributed by atoms with E-state index in [2.05, 4.69) is 15.3 Å². The maximum atomic E-state index is 11.7. The molecule has 3 rings (SSSR count). The first-order valence-corrected chi connectivity index (χ1v) is 6.35. The Hall–Kier alpha value is -2.69. The van der Waals surface area contributed by atoms with Crippen LogP contribution in [0.4, 0.5) is 0 Å². The van der Waals surface area contributed by atoms with Gasteiger partial charge >= 0.3 is 0 Å². The second kappa shape index (κ2) is 5.13. The predicted molar refractivity (Wildman–Crippen MR) is 75.1 cm³/mol. The third-order valence-electron chi connectivity index (χ3n) is 3.40. The number of hydrogen-bond donors (Lipinski definition) is 2. The van der Waals surface area contributed by atoms with Crippen molar-refractivity contribution in [3.05, 3.63) is 65.8 Å². The van der Waals surface area contributed by atoms with Crippen LogP contribution in [0.3, 0.4) is 0 Å². The van der Waals surface area contributed by atoms with Crippen molar-refractivity contribution in [3.8, 4) is 0 Å². The van der Waals surface area contributed by atoms with Gasteiger partial charge in [0.1, 0.15) is 0 Å². The van der Waals surface area contributed by atoms with Gasteiger partial charge in [-0.2, -0.15) is 0 Å². The molecule has 2 aromatic rings. The molecule has 3 N–H and O–H groups in total. The Labute approximate surface area is 116 Å². The minimum Gasteiger partial charge on any atom is -0.377 e. The summed E-state index contributed by atoms with van der Waals surface area (Å²) in [6, 6.07) is 7.64. The van der Waals surface area contributed by atoms with Gasteiger partial charge in [0.2, 0.25) is 5.91 Å². The van der Waals surface area contributed by atoms with Crippen LogP contribution >= 0.6 is 0 Å². The van der Waals surface area contributed by atoms with Crippen LogP contribution < -0.4 is 11.1 Å². The van der Waals surface area contributed by atoms with Gasteiger partial charge in [-0.25, -0.2) is 0 Å². The second-order valence-electron chi connectivity index (χ2n) is 4.64. The van der Waals surface area contributed by atoms with E-state index in [9.17, 15) is 4.79 Å². The highest BCUT2D eigenvalue weighted by Gasteiger charge is 2.28. The highest BCUT2D eigenvalue weighted by molar-refractivity contribution is 6.01. The molecule has 20 heavy (non-hydrogen) atoms. The molecule has 1 aliphatic rings. The van der Waals surface area contributed by atoms with Crippen molar-refractivity contribution < 1.29 is 4.79 Å². The third-order valence-corrected chi connectivity index (χ3v) is 3.40. The number of aromatic nitrogens is 2. The lowest BCUT2D eigenvalue weighted by atomic mass is 10.0. The SMILES string of the molecule is NC(=O)C1=C(c2ccncc2)NC(c2ccncc2)C1. The molecule has 1 unspecified atom stereocenters. The van der Waals surface area contributed by atoms with Gasteiger partial charge in [0.25, 0.3) is 0 Å². The summed E-state index contributed by atoms with van der Waals surface area (Å²) in [6.45, 7) is 0. The first-order chi connectivity index (χ1) is 9.75. The Morgan fingerprint density at radius 2 is 1.70 bits per heavy atom. The van der Waals surface area contributed by atoms with Crippen LogP contribution in [-0.4, -0.2) is 15.9 Å². The molecule has 5 heteroatoms. The van der Waals surface area contributed by atoms with Crippen LogP contribution in [0.2, 0.25) is 0 Å². The molecule has 2 aromatic heterocycles. The average molecular weight is 266 g/mol. The van der Waals surface area contributed by atoms with E-state index in [4.69, 9.17) is 5.73 Å². The lowest BCUT2D eigenvalue weighted by Gasteiger charge is -2.13. The first kappa shape index (κ1) is 12.3. The fraction of sp³-hybridized carbons (Fsp3) is 0.133. The van der Waals surface area contributed by atoms with E-state index in [0.717, 1.165) is 16.8 Å². The molecule has 0 spiro atoms. The van der Waals surface area contributed by atoms with E-state index in [-0.39, 0.29) is 11.9 Å². The predicted octanol–water partition coefficient (Wildman–Crippen LogP) is 1.41. The van der Waals surface area contributed by atoms with Crippen molar-refractivity contribution in [2.45, 2.75) is 12.5 Å². The fourth-order valence-corrected chi connectivity index (χ4v) is 2.42. The van der Waals surface area contributed by atoms with Crippen LogP contribution in [0.5, 0.6) is 0 Å². The molecule has 0 fully saturated rings. The van der Waals surface area contributed by atoms with Gasteiger partial charge in [0.05, 0.1) is 11.7 Å². The zero-order valence-electron chi connectivity index (χ0n) is 10.8. The summed E-state index contributed by atoms with van der Waals surface area (Å²) in [5.41, 5.74) is 8.92. The van der Waals surface area contributed by atoms with Crippen molar-refractivity contribution in [1.29, 1.82) is 0 Å². The Bertz CT molecular complexity index is 652. The highest BCUT2D eigenvalue weighted by atomic mass is 16.1. The summed E-state index contributed by atoms with van der Waals surface area (Å²) in [6.07, 6.45) is 7.46. The summed E-state index contributed by atoms with van der Waals surface area (Å²) in [5, 5.41) is 3.38. The fourth-order valence-electron chi connectivity index (χ4n) is 2.42. The molecule has 5 nitrogen and oxygen atoms in total. The van der Waals surface area contributed by atoms with Crippen LogP contribution in [0.1, 0.15) is 23.6 Å². The third kappa shape index (κ3) is 2.25. The number of nitrogens with one attached hydrogen (secondary N) is 1. The maximum Gasteiger partial charge on any atom is 0.246 e. The van der Waals surface area contributed by atoms with Crippen LogP contribution in [-0.2, 0) is 4.79 Å². The Balaban J connectivity index is 1.95. The van der Waals surface area contributed by atoms with Gasteiger partial charge in [-0.05, 0) is 29.8 Å². The van der Waals surface area contributed by atoms with E-state index >= 15 is 0 Å². The number of nitrogens with two attached hydrogens (primary N) is 1. The summed E-state index contributed by atoms with van der Waals surface area (Å²) >= 11 is 0. The number of rotatable bonds is 3. The standard InChI is InChI=1S/C15H14N4O/c16-15(20)12-9-13(10-1-5-17-6-2-10)19-14(12)11-3-7-18-8-4-11/h1-8,13,19H,9H2,(H2,16,20). The van der Waals surface area contributed by atoms with Gasteiger partial charge in [0, 0.05) is 42.3 Å². The van der Waals surface area contributed by atoms with E-state index in [1.54, 1.807) is 24.8 Å². The zero-order valence-corrected chi connectivity index (χ0v) is 10.8. The van der Waals surface area contributed by atoms with E-state index in [0.29, 0.717) is 12.0 Å². The van der Waals surface area contributed by atoms with Gasteiger partial charge < -0.3 is 11.1 Å². The minimum absolute atomic E-state index is 0.0451. The van der Waals surface area contributed by atoms with Crippen LogP contribution in [0.15, 0.2) is 54.6 Å². The number of amides is 1. The smallest absolute Gasteiger partial charge is 0.246 e. The molecule has 1 atom stereocenters. The zero-order chi connectivity index (χ0) is 13.9. The van der Waals surface area contributed by atoms with Crippen molar-refractivity contribution in [2.24, 2.45) is 5.73 Å². The van der Waals surface area contributed by atoms with E-state index in [1.165, 1.54) is 0 Å². The summed E-state index contributed by atoms with van der Waals surface area (Å²) < 4.78 is 0. The van der Waals surface area contributed by atoms with Crippen molar-refractivity contribution in [3.63, 3.8) is 0 Å². The van der Waals surface area contributed by atoms with Gasteiger partial charge in [0.15, 0.2) is 0 Å². The molecule has 0 radical (unpaired) electrons. The molecule has 0 aliphatic carbocycles. The largest absolute Gasteiger partial charge is 0.377 e. The Morgan fingerprint density at radius 1 is 1.10 bits per heavy atom. The quantitative estimate of drug-likeness (QED) is 0.880. The Kier molecular flexibility index (Phi) is 3.16. The van der Waals surface area contributed by atoms with Gasteiger partial charge in [-0.15, -0.1) is 0 Å². The summed E-state index contributed by atoms with van der Waals surface area (Å²) in [7, 11) is 0. The highest BCUT2D eigenvalue weighted by Crippen LogP contribution is 2.34. The number of primary amides is 1. The van der Waals surface area contributed by atoms with Crippen molar-refractivity contribution in [2.75, 3.05) is 0 Å². The van der Waals surface area contributed by atoms with Crippen molar-refractivity contribution in [1.82, 2.24) is 15.3 Å². The van der Waals surface area contributed by atoms with E-state index in [1.807, 2.05) is 24.3 Å². The van der Waals surface area contributed by atoms with Crippen LogP contribution in [0.25, 0.3) is 5.70 Å². The molecule has 1 aliphatic heterocycles. The molecule has 100 valence electrons. The molecule has 0 saturated carbocycles. The number of hydrogen-bond acceptors (Lipinski definition) is 4. The maximum absolute atomic E-state index is 11.7. The minimum atomic E-state index is -0.388. The molecule has 1 amide bonds. The monoisotopic (exact) mass is 266 g/mol. The normalized spacial score (nSPS) is 17.9. The van der Waals surface area contributed by atoms with Gasteiger partial charge in [-0.3, -0.25) is 14.8 Å². The lowest BCUT2D eigenvalue weighted by molar-refractivity contribution is -0.114. The molecule has 3 heterocycles. The topological polar surface area (TPSA) is 80.9 Å². The second-order valence-corrected chi connectivity index (χ2v) is 4.64. The number of carbonyl (C=O) groups excluding carboxylic acids is 1. The molecular weight excluding hydrogens is 252 g/mol. The average Bonchev–Trinajstić information content (AvgIpc) is 2.94. The summed E-state index contributed by atoms with van der Waals surface area (Å²) in [4.78, 5) is 19.7. The van der Waals surface area contributed by atoms with Gasteiger partial charge in [-0.1, -0.05) is 0 Å². The summed E-state index contributed by atoms with van der Waals surface area (Å²) in [5.74, 6) is -0.388. The molecular formula is C15H14N4O. The van der Waals surface area contributed by atoms with Crippen LogP contribution in [0, 0.1) is 0 Å². The van der Waals surface area contributed by atoms with Crippen molar-refractivity contribution >= 4 is 11.6 Å². The number of carbonyl (C=O) groups is 1. The van der Waals surface area contributed by atoms with E-state index < -0.39 is 0 Å². The molecule has 0 saturated heterocycles. The Morgan fingerprint density at radius 3 is 2.30 bits per heavy atom. The molecule has 0 aromatic carbocycles. The molecule has 0 bridgehead atoms. The number of pyridine rings is 2.